The Balaban J connectivity index is 0.000000980. The number of hydrogen-bond acceptors (Lipinski definition) is 2. The van der Waals surface area contributed by atoms with Gasteiger partial charge < -0.3 is 0 Å². The van der Waals surface area contributed by atoms with Crippen LogP contribution in [0, 0.1) is 0 Å². The SMILES string of the molecule is [Fe].c1ccc(Cc2ccccn2)nc1. The fourth-order valence-corrected chi connectivity index (χ4v) is 1.19. The van der Waals surface area contributed by atoms with Gasteiger partial charge in [-0.2, -0.15) is 0 Å². The molecule has 0 saturated heterocycles. The van der Waals surface area contributed by atoms with Crippen LogP contribution in [0.4, 0.5) is 0 Å². The van der Waals surface area contributed by atoms with Gasteiger partial charge in [0, 0.05) is 47.3 Å². The van der Waals surface area contributed by atoms with Crippen molar-refractivity contribution in [1.29, 1.82) is 0 Å². The Bertz CT molecular complexity index is 324. The molecule has 0 saturated carbocycles. The molecule has 0 fully saturated rings. The second-order valence-corrected chi connectivity index (χ2v) is 2.82. The minimum atomic E-state index is 0. The van der Waals surface area contributed by atoms with Crippen LogP contribution in [-0.4, -0.2) is 9.97 Å². The van der Waals surface area contributed by atoms with Gasteiger partial charge >= 0.3 is 0 Å². The molecule has 0 bridgehead atoms. The molecule has 0 aromatic carbocycles. The minimum Gasteiger partial charge on any atom is -0.261 e. The van der Waals surface area contributed by atoms with E-state index in [0.717, 1.165) is 17.8 Å². The summed E-state index contributed by atoms with van der Waals surface area (Å²) < 4.78 is 0. The average molecular weight is 226 g/mol. The van der Waals surface area contributed by atoms with Crippen LogP contribution in [0.25, 0.3) is 0 Å². The molecule has 0 aliphatic carbocycles. The van der Waals surface area contributed by atoms with E-state index in [0.29, 0.717) is 0 Å². The van der Waals surface area contributed by atoms with Crippen LogP contribution in [0.2, 0.25) is 0 Å². The van der Waals surface area contributed by atoms with E-state index < -0.39 is 0 Å². The number of nitrogens with zero attached hydrogens (tertiary/aromatic N) is 2. The third-order valence-electron chi connectivity index (χ3n) is 1.81. The first-order valence-electron chi connectivity index (χ1n) is 4.25. The Morgan fingerprint density at radius 3 is 1.64 bits per heavy atom. The predicted molar refractivity (Wildman–Crippen MR) is 51.3 cm³/mol. The first-order chi connectivity index (χ1) is 6.45. The molecule has 2 rings (SSSR count). The van der Waals surface area contributed by atoms with E-state index in [-0.39, 0.29) is 17.1 Å². The molecule has 0 unspecified atom stereocenters. The van der Waals surface area contributed by atoms with Crippen molar-refractivity contribution in [1.82, 2.24) is 9.97 Å². The molecule has 14 heavy (non-hydrogen) atoms. The Hall–Kier alpha value is -1.18. The minimum absolute atomic E-state index is 0. The molecule has 2 aromatic heterocycles. The summed E-state index contributed by atoms with van der Waals surface area (Å²) in [6.45, 7) is 0. The zero-order valence-electron chi connectivity index (χ0n) is 7.57. The van der Waals surface area contributed by atoms with Crippen LogP contribution in [0.1, 0.15) is 11.4 Å². The van der Waals surface area contributed by atoms with E-state index in [1.165, 1.54) is 0 Å². The second kappa shape index (κ2) is 5.53. The van der Waals surface area contributed by atoms with Gasteiger partial charge in [0.2, 0.25) is 0 Å². The fourth-order valence-electron chi connectivity index (χ4n) is 1.19. The molecule has 0 aliphatic rings. The monoisotopic (exact) mass is 226 g/mol. The second-order valence-electron chi connectivity index (χ2n) is 2.82. The molecular formula is C11H10FeN2. The molecule has 3 heteroatoms. The molecule has 0 amide bonds. The summed E-state index contributed by atoms with van der Waals surface area (Å²) in [6, 6.07) is 11.8. The summed E-state index contributed by atoms with van der Waals surface area (Å²) in [6.07, 6.45) is 4.41. The van der Waals surface area contributed by atoms with Gasteiger partial charge in [-0.3, -0.25) is 9.97 Å². The largest absolute Gasteiger partial charge is 0.261 e. The van der Waals surface area contributed by atoms with E-state index in [2.05, 4.69) is 9.97 Å². The van der Waals surface area contributed by atoms with E-state index in [1.807, 2.05) is 36.4 Å². The summed E-state index contributed by atoms with van der Waals surface area (Å²) in [7, 11) is 0. The molecular weight excluding hydrogens is 216 g/mol. The molecule has 2 aromatic rings. The number of hydrogen-bond donors (Lipinski definition) is 0. The molecule has 0 N–H and O–H groups in total. The molecule has 2 heterocycles. The molecule has 0 radical (unpaired) electrons. The van der Waals surface area contributed by atoms with E-state index >= 15 is 0 Å². The van der Waals surface area contributed by atoms with E-state index in [1.54, 1.807) is 12.4 Å². The first kappa shape index (κ1) is 10.9. The van der Waals surface area contributed by atoms with Crippen LogP contribution in [-0.2, 0) is 23.5 Å². The fraction of sp³-hybridized carbons (Fsp3) is 0.0909. The van der Waals surface area contributed by atoms with Crippen molar-refractivity contribution < 1.29 is 17.1 Å². The zero-order chi connectivity index (χ0) is 8.93. The van der Waals surface area contributed by atoms with Crippen LogP contribution in [0.3, 0.4) is 0 Å². The van der Waals surface area contributed by atoms with Gasteiger partial charge in [0.1, 0.15) is 0 Å². The van der Waals surface area contributed by atoms with Gasteiger partial charge in [-0.1, -0.05) is 12.1 Å². The summed E-state index contributed by atoms with van der Waals surface area (Å²) in [5, 5.41) is 0. The van der Waals surface area contributed by atoms with Crippen molar-refractivity contribution in [2.45, 2.75) is 6.42 Å². The maximum atomic E-state index is 4.23. The predicted octanol–water partition coefficient (Wildman–Crippen LogP) is 2.06. The summed E-state index contributed by atoms with van der Waals surface area (Å²) in [5.41, 5.74) is 2.11. The van der Waals surface area contributed by atoms with Crippen LogP contribution in [0.5, 0.6) is 0 Å². The van der Waals surface area contributed by atoms with E-state index in [4.69, 9.17) is 0 Å². The smallest absolute Gasteiger partial charge is 0.0463 e. The number of aromatic nitrogens is 2. The van der Waals surface area contributed by atoms with Crippen molar-refractivity contribution in [2.24, 2.45) is 0 Å². The van der Waals surface area contributed by atoms with Gasteiger partial charge in [0.05, 0.1) is 0 Å². The average Bonchev–Trinajstić information content (AvgIpc) is 2.21. The third-order valence-corrected chi connectivity index (χ3v) is 1.81. The van der Waals surface area contributed by atoms with Gasteiger partial charge in [-0.05, 0) is 24.3 Å². The first-order valence-corrected chi connectivity index (χ1v) is 4.25. The van der Waals surface area contributed by atoms with Crippen molar-refractivity contribution >= 4 is 0 Å². The van der Waals surface area contributed by atoms with Gasteiger partial charge in [-0.25, -0.2) is 0 Å². The van der Waals surface area contributed by atoms with Crippen molar-refractivity contribution in [3.8, 4) is 0 Å². The number of rotatable bonds is 2. The number of pyridine rings is 2. The standard InChI is InChI=1S/C11H10N2.Fe/c1-3-7-12-10(5-1)9-11-6-2-4-8-13-11;/h1-8H,9H2;. The Morgan fingerprint density at radius 1 is 0.786 bits per heavy atom. The van der Waals surface area contributed by atoms with Gasteiger partial charge in [-0.15, -0.1) is 0 Å². The molecule has 0 spiro atoms. The summed E-state index contributed by atoms with van der Waals surface area (Å²) >= 11 is 0. The van der Waals surface area contributed by atoms with Crippen molar-refractivity contribution in [3.05, 3.63) is 60.2 Å². The van der Waals surface area contributed by atoms with Crippen LogP contribution < -0.4 is 0 Å². The molecule has 2 nitrogen and oxygen atoms in total. The summed E-state index contributed by atoms with van der Waals surface area (Å²) in [5.74, 6) is 0. The van der Waals surface area contributed by atoms with Crippen LogP contribution >= 0.6 is 0 Å². The molecule has 0 aliphatic heterocycles. The Morgan fingerprint density at radius 2 is 1.29 bits per heavy atom. The maximum absolute atomic E-state index is 4.23. The molecule has 0 atom stereocenters. The Labute approximate surface area is 93.9 Å². The van der Waals surface area contributed by atoms with E-state index in [9.17, 15) is 0 Å². The van der Waals surface area contributed by atoms with Gasteiger partial charge in [0.25, 0.3) is 0 Å². The van der Waals surface area contributed by atoms with Gasteiger partial charge in [0.15, 0.2) is 0 Å². The maximum Gasteiger partial charge on any atom is 0.0463 e. The summed E-state index contributed by atoms with van der Waals surface area (Å²) in [4.78, 5) is 8.47. The van der Waals surface area contributed by atoms with Crippen molar-refractivity contribution in [3.63, 3.8) is 0 Å². The normalized spacial score (nSPS) is 9.14. The molecule has 72 valence electrons. The topological polar surface area (TPSA) is 25.8 Å². The zero-order valence-corrected chi connectivity index (χ0v) is 8.68. The quantitative estimate of drug-likeness (QED) is 0.732. The third kappa shape index (κ3) is 2.95. The Kier molecular flexibility index (Phi) is 4.30. The van der Waals surface area contributed by atoms with Crippen molar-refractivity contribution in [2.75, 3.05) is 0 Å². The van der Waals surface area contributed by atoms with Crippen LogP contribution in [0.15, 0.2) is 48.8 Å².